The number of allylic oxidation sites excluding steroid dienone is 1. The Hall–Kier alpha value is -0.630. The van der Waals surface area contributed by atoms with Crippen molar-refractivity contribution < 1.29 is 9.53 Å². The van der Waals surface area contributed by atoms with Gasteiger partial charge in [0.05, 0.1) is 6.10 Å². The molecule has 4 aliphatic carbocycles. The molecule has 0 aliphatic heterocycles. The Kier molecular flexibility index (Phi) is 3.58. The monoisotopic (exact) mass is 316 g/mol. The zero-order chi connectivity index (χ0) is 16.4. The molecular weight excluding hydrogens is 284 g/mol. The first-order chi connectivity index (χ1) is 10.9. The molecule has 0 bridgehead atoms. The van der Waals surface area contributed by atoms with Crippen LogP contribution in [0.4, 0.5) is 0 Å². The Bertz CT molecular complexity index is 538. The second-order valence-corrected chi connectivity index (χ2v) is 9.41. The molecule has 0 amide bonds. The summed E-state index contributed by atoms with van der Waals surface area (Å²) >= 11 is 0. The molecule has 2 heteroatoms. The molecule has 0 aromatic rings. The molecule has 7 atom stereocenters. The predicted molar refractivity (Wildman–Crippen MR) is 92.1 cm³/mol. The second kappa shape index (κ2) is 5.18. The fraction of sp³-hybridized carbons (Fsp3) is 0.857. The van der Waals surface area contributed by atoms with Crippen LogP contribution in [-0.2, 0) is 9.53 Å². The topological polar surface area (TPSA) is 26.3 Å². The number of methoxy groups -OCH3 is 1. The van der Waals surface area contributed by atoms with Gasteiger partial charge in [-0.2, -0.15) is 0 Å². The van der Waals surface area contributed by atoms with Gasteiger partial charge < -0.3 is 4.74 Å². The fourth-order valence-corrected chi connectivity index (χ4v) is 7.41. The molecule has 2 nitrogen and oxygen atoms in total. The highest BCUT2D eigenvalue weighted by atomic mass is 16.5. The third kappa shape index (κ3) is 2.06. The molecule has 4 rings (SSSR count). The fourth-order valence-electron chi connectivity index (χ4n) is 7.41. The molecule has 4 aliphatic rings. The van der Waals surface area contributed by atoms with Crippen molar-refractivity contribution >= 4 is 5.78 Å². The summed E-state index contributed by atoms with van der Waals surface area (Å²) in [7, 11) is 1.90. The summed E-state index contributed by atoms with van der Waals surface area (Å²) in [6, 6.07) is 0. The van der Waals surface area contributed by atoms with Crippen molar-refractivity contribution in [1.82, 2.24) is 0 Å². The summed E-state index contributed by atoms with van der Waals surface area (Å²) in [5, 5.41) is 0. The summed E-state index contributed by atoms with van der Waals surface area (Å²) in [5.74, 6) is 3.41. The molecule has 0 radical (unpaired) electrons. The highest BCUT2D eigenvalue weighted by Crippen LogP contribution is 2.66. The largest absolute Gasteiger partial charge is 0.381 e. The second-order valence-electron chi connectivity index (χ2n) is 9.41. The number of fused-ring (bicyclic) bond motifs is 5. The molecule has 0 aromatic carbocycles. The van der Waals surface area contributed by atoms with E-state index in [1.54, 1.807) is 0 Å². The van der Waals surface area contributed by atoms with Gasteiger partial charge in [-0.05, 0) is 85.0 Å². The van der Waals surface area contributed by atoms with Gasteiger partial charge in [-0.1, -0.05) is 20.4 Å². The normalized spacial score (nSPS) is 52.7. The molecule has 0 N–H and O–H groups in total. The third-order valence-corrected chi connectivity index (χ3v) is 8.68. The Morgan fingerprint density at radius 1 is 1.04 bits per heavy atom. The van der Waals surface area contributed by atoms with E-state index in [1.165, 1.54) is 38.5 Å². The lowest BCUT2D eigenvalue weighted by Gasteiger charge is -2.60. The number of hydrogen-bond donors (Lipinski definition) is 0. The van der Waals surface area contributed by atoms with Crippen LogP contribution in [0, 0.1) is 34.5 Å². The molecule has 0 spiro atoms. The maximum absolute atomic E-state index is 12.2. The van der Waals surface area contributed by atoms with Crippen LogP contribution in [0.1, 0.15) is 65.2 Å². The summed E-state index contributed by atoms with van der Waals surface area (Å²) in [6.45, 7) is 9.08. The summed E-state index contributed by atoms with van der Waals surface area (Å²) < 4.78 is 5.87. The molecular formula is C21H32O2. The predicted octanol–water partition coefficient (Wildman–Crippen LogP) is 4.78. The standard InChI is InChI=1S/C21H32O2/c1-13-12-21(3)14(11-18(13)22)5-6-15-16-7-8-19(23-4)20(16,2)10-9-17(15)21/h14-17,19H,1,5-12H2,2-4H3/t14-,15-,16-,17-,19-,20-,21-/m0/s1. The van der Waals surface area contributed by atoms with Gasteiger partial charge in [0.15, 0.2) is 5.78 Å². The van der Waals surface area contributed by atoms with E-state index in [-0.39, 0.29) is 0 Å². The zero-order valence-corrected chi connectivity index (χ0v) is 15.1. The van der Waals surface area contributed by atoms with Crippen molar-refractivity contribution in [3.8, 4) is 0 Å². The van der Waals surface area contributed by atoms with E-state index in [4.69, 9.17) is 4.74 Å². The maximum Gasteiger partial charge on any atom is 0.158 e. The van der Waals surface area contributed by atoms with Gasteiger partial charge in [0.2, 0.25) is 0 Å². The van der Waals surface area contributed by atoms with Crippen molar-refractivity contribution in [2.45, 2.75) is 71.3 Å². The number of rotatable bonds is 1. The summed E-state index contributed by atoms with van der Waals surface area (Å²) in [5.41, 5.74) is 1.61. The molecule has 0 unspecified atom stereocenters. The molecule has 0 saturated heterocycles. The molecule has 128 valence electrons. The minimum absolute atomic E-state index is 0.320. The van der Waals surface area contributed by atoms with E-state index >= 15 is 0 Å². The first-order valence-corrected chi connectivity index (χ1v) is 9.64. The van der Waals surface area contributed by atoms with Crippen molar-refractivity contribution in [2.24, 2.45) is 34.5 Å². The Balaban J connectivity index is 1.64. The number of ketones is 1. The minimum atomic E-state index is 0.320. The average molecular weight is 316 g/mol. The van der Waals surface area contributed by atoms with Crippen LogP contribution in [0.5, 0.6) is 0 Å². The first-order valence-electron chi connectivity index (χ1n) is 9.64. The molecule has 4 saturated carbocycles. The first kappa shape index (κ1) is 15.9. The lowest BCUT2D eigenvalue weighted by atomic mass is 9.45. The van der Waals surface area contributed by atoms with E-state index in [0.717, 1.165) is 36.2 Å². The van der Waals surface area contributed by atoms with Crippen LogP contribution in [0.2, 0.25) is 0 Å². The molecule has 0 heterocycles. The maximum atomic E-state index is 12.2. The number of hydrogen-bond acceptors (Lipinski definition) is 2. The SMILES string of the molecule is C=C1C[C@@]2(C)[C@@H](CC[C@@H]3[C@@H]2CC[C@]2(C)[C@@H](OC)CC[C@@H]32)CC1=O. The Morgan fingerprint density at radius 3 is 2.52 bits per heavy atom. The number of ether oxygens (including phenoxy) is 1. The van der Waals surface area contributed by atoms with Crippen LogP contribution in [0.3, 0.4) is 0 Å². The van der Waals surface area contributed by atoms with Gasteiger partial charge in [0.25, 0.3) is 0 Å². The highest BCUT2D eigenvalue weighted by Gasteiger charge is 2.60. The van der Waals surface area contributed by atoms with Crippen LogP contribution in [0.15, 0.2) is 12.2 Å². The summed E-state index contributed by atoms with van der Waals surface area (Å²) in [6.07, 6.45) is 9.98. The average Bonchev–Trinajstić information content (AvgIpc) is 2.85. The highest BCUT2D eigenvalue weighted by molar-refractivity contribution is 5.96. The number of carbonyl (C=O) groups excluding carboxylic acids is 1. The molecule has 0 aromatic heterocycles. The lowest BCUT2D eigenvalue weighted by Crippen LogP contribution is -2.54. The van der Waals surface area contributed by atoms with Crippen molar-refractivity contribution in [3.05, 3.63) is 12.2 Å². The van der Waals surface area contributed by atoms with Crippen LogP contribution < -0.4 is 0 Å². The lowest BCUT2D eigenvalue weighted by molar-refractivity contribution is -0.136. The quantitative estimate of drug-likeness (QED) is 0.651. The van der Waals surface area contributed by atoms with Crippen molar-refractivity contribution in [1.29, 1.82) is 0 Å². The van der Waals surface area contributed by atoms with Gasteiger partial charge in [-0.25, -0.2) is 0 Å². The van der Waals surface area contributed by atoms with E-state index in [1.807, 2.05) is 7.11 Å². The van der Waals surface area contributed by atoms with Crippen LogP contribution in [-0.4, -0.2) is 19.0 Å². The van der Waals surface area contributed by atoms with Gasteiger partial charge >= 0.3 is 0 Å². The smallest absolute Gasteiger partial charge is 0.158 e. The van der Waals surface area contributed by atoms with E-state index < -0.39 is 0 Å². The number of Topliss-reactive ketones (excluding diaryl/α,β-unsaturated/α-hetero) is 1. The Labute approximate surface area is 141 Å². The van der Waals surface area contributed by atoms with Crippen LogP contribution in [0.25, 0.3) is 0 Å². The van der Waals surface area contributed by atoms with E-state index in [2.05, 4.69) is 20.4 Å². The Morgan fingerprint density at radius 2 is 1.78 bits per heavy atom. The van der Waals surface area contributed by atoms with Crippen molar-refractivity contribution in [3.63, 3.8) is 0 Å². The van der Waals surface area contributed by atoms with Gasteiger partial charge in [0.1, 0.15) is 0 Å². The minimum Gasteiger partial charge on any atom is -0.381 e. The van der Waals surface area contributed by atoms with E-state index in [0.29, 0.717) is 28.6 Å². The van der Waals surface area contributed by atoms with Gasteiger partial charge in [-0.15, -0.1) is 0 Å². The summed E-state index contributed by atoms with van der Waals surface area (Å²) in [4.78, 5) is 12.2. The van der Waals surface area contributed by atoms with Gasteiger partial charge in [0, 0.05) is 13.5 Å². The number of carbonyl (C=O) groups is 1. The third-order valence-electron chi connectivity index (χ3n) is 8.68. The molecule has 4 fully saturated rings. The van der Waals surface area contributed by atoms with Gasteiger partial charge in [-0.3, -0.25) is 4.79 Å². The van der Waals surface area contributed by atoms with E-state index in [9.17, 15) is 4.79 Å². The van der Waals surface area contributed by atoms with Crippen LogP contribution >= 0.6 is 0 Å². The van der Waals surface area contributed by atoms with Crippen molar-refractivity contribution in [2.75, 3.05) is 7.11 Å². The molecule has 23 heavy (non-hydrogen) atoms. The zero-order valence-electron chi connectivity index (χ0n) is 15.1.